The maximum atomic E-state index is 10.9. The van der Waals surface area contributed by atoms with E-state index < -0.39 is 0 Å². The van der Waals surface area contributed by atoms with Crippen molar-refractivity contribution in [2.45, 2.75) is 12.5 Å². The van der Waals surface area contributed by atoms with E-state index in [1.165, 1.54) is 0 Å². The predicted octanol–water partition coefficient (Wildman–Crippen LogP) is -0.701. The summed E-state index contributed by atoms with van der Waals surface area (Å²) in [6.07, 6.45) is 3.28. The Morgan fingerprint density at radius 3 is 2.90 bits per heavy atom. The van der Waals surface area contributed by atoms with Gasteiger partial charge in [-0.15, -0.1) is 0 Å². The largest absolute Gasteiger partial charge is 0.298 e. The molecule has 1 amide bonds. The molecule has 4 heteroatoms. The smallest absolute Gasteiger partial charge is 0.257 e. The van der Waals surface area contributed by atoms with E-state index in [4.69, 9.17) is 0 Å². The highest BCUT2D eigenvalue weighted by atomic mass is 16.2. The molecule has 1 rings (SSSR count). The van der Waals surface area contributed by atoms with Gasteiger partial charge < -0.3 is 0 Å². The zero-order chi connectivity index (χ0) is 7.56. The van der Waals surface area contributed by atoms with Gasteiger partial charge in [-0.25, -0.2) is 5.43 Å². The SMILES string of the molecule is CN(C)C1C[C]=NNC1=O. The van der Waals surface area contributed by atoms with Crippen molar-refractivity contribution in [1.82, 2.24) is 10.3 Å². The molecular weight excluding hydrogens is 130 g/mol. The number of nitrogens with zero attached hydrogens (tertiary/aromatic N) is 2. The Morgan fingerprint density at radius 1 is 1.80 bits per heavy atom. The number of rotatable bonds is 1. The summed E-state index contributed by atoms with van der Waals surface area (Å²) >= 11 is 0. The van der Waals surface area contributed by atoms with Crippen LogP contribution in [0.2, 0.25) is 0 Å². The fourth-order valence-corrected chi connectivity index (χ4v) is 0.811. The second-order valence-corrected chi connectivity index (χ2v) is 2.43. The van der Waals surface area contributed by atoms with Crippen LogP contribution in [0, 0.1) is 0 Å². The highest BCUT2D eigenvalue weighted by Crippen LogP contribution is 2.00. The van der Waals surface area contributed by atoms with Crippen molar-refractivity contribution in [2.75, 3.05) is 14.1 Å². The van der Waals surface area contributed by atoms with Crippen molar-refractivity contribution in [1.29, 1.82) is 0 Å². The molecule has 55 valence electrons. The average molecular weight is 140 g/mol. The third-order valence-corrected chi connectivity index (χ3v) is 1.46. The van der Waals surface area contributed by atoms with Crippen LogP contribution < -0.4 is 5.43 Å². The van der Waals surface area contributed by atoms with Crippen molar-refractivity contribution >= 4 is 12.1 Å². The van der Waals surface area contributed by atoms with Crippen LogP contribution in [0.4, 0.5) is 0 Å². The molecule has 10 heavy (non-hydrogen) atoms. The van der Waals surface area contributed by atoms with Crippen LogP contribution in [0.15, 0.2) is 5.10 Å². The standard InChI is InChI=1S/C6H10N3O/c1-9(2)5-3-4-7-8-6(5)10/h5H,3H2,1-2H3,(H,8,10). The highest BCUT2D eigenvalue weighted by Gasteiger charge is 2.21. The Morgan fingerprint density at radius 2 is 2.50 bits per heavy atom. The summed E-state index contributed by atoms with van der Waals surface area (Å²) in [6.45, 7) is 0. The summed E-state index contributed by atoms with van der Waals surface area (Å²) in [6, 6.07) is -0.0995. The zero-order valence-corrected chi connectivity index (χ0v) is 6.09. The average Bonchev–Trinajstić information content (AvgIpc) is 1.88. The minimum absolute atomic E-state index is 0.0521. The summed E-state index contributed by atoms with van der Waals surface area (Å²) in [5, 5.41) is 3.51. The Hall–Kier alpha value is -0.900. The molecule has 0 bridgehead atoms. The van der Waals surface area contributed by atoms with Gasteiger partial charge in [-0.3, -0.25) is 9.69 Å². The number of amides is 1. The number of hydrogen-bond donors (Lipinski definition) is 1. The summed E-state index contributed by atoms with van der Waals surface area (Å²) in [5.74, 6) is -0.0521. The van der Waals surface area contributed by atoms with E-state index in [0.29, 0.717) is 6.42 Å². The molecule has 0 fully saturated rings. The Kier molecular flexibility index (Phi) is 2.01. The number of carbonyl (C=O) groups excluding carboxylic acids is 1. The van der Waals surface area contributed by atoms with Crippen LogP contribution in [0.3, 0.4) is 0 Å². The first-order valence-electron chi connectivity index (χ1n) is 3.10. The summed E-state index contributed by atoms with van der Waals surface area (Å²) in [7, 11) is 3.72. The number of nitrogens with one attached hydrogen (secondary N) is 1. The number of likely N-dealkylation sites (N-methyl/N-ethyl adjacent to an activating group) is 1. The third-order valence-electron chi connectivity index (χ3n) is 1.46. The molecule has 0 aromatic rings. The molecule has 0 saturated carbocycles. The van der Waals surface area contributed by atoms with Crippen molar-refractivity contribution in [3.05, 3.63) is 0 Å². The molecule has 1 atom stereocenters. The van der Waals surface area contributed by atoms with E-state index in [9.17, 15) is 4.79 Å². The summed E-state index contributed by atoms with van der Waals surface area (Å²) in [4.78, 5) is 12.8. The predicted molar refractivity (Wildman–Crippen MR) is 37.7 cm³/mol. The third kappa shape index (κ3) is 1.33. The van der Waals surface area contributed by atoms with Crippen LogP contribution in [0.5, 0.6) is 0 Å². The first-order chi connectivity index (χ1) is 4.72. The summed E-state index contributed by atoms with van der Waals surface area (Å²) < 4.78 is 0. The minimum Gasteiger partial charge on any atom is -0.298 e. The number of hydrogen-bond acceptors (Lipinski definition) is 3. The molecule has 1 radical (unpaired) electrons. The zero-order valence-electron chi connectivity index (χ0n) is 6.09. The fourth-order valence-electron chi connectivity index (χ4n) is 0.811. The van der Waals surface area contributed by atoms with Gasteiger partial charge in [-0.05, 0) is 14.1 Å². The summed E-state index contributed by atoms with van der Waals surface area (Å²) in [5.41, 5.74) is 2.35. The molecule has 1 unspecified atom stereocenters. The van der Waals surface area contributed by atoms with Gasteiger partial charge in [0.1, 0.15) is 0 Å². The van der Waals surface area contributed by atoms with Gasteiger partial charge in [-0.1, -0.05) is 0 Å². The van der Waals surface area contributed by atoms with E-state index in [1.54, 1.807) is 0 Å². The normalized spacial score (nSPS) is 25.1. The molecule has 1 aliphatic rings. The number of hydrazone groups is 1. The van der Waals surface area contributed by atoms with E-state index >= 15 is 0 Å². The highest BCUT2D eigenvalue weighted by molar-refractivity contribution is 5.87. The van der Waals surface area contributed by atoms with Gasteiger partial charge in [0.05, 0.1) is 12.3 Å². The van der Waals surface area contributed by atoms with Crippen molar-refractivity contribution in [3.8, 4) is 0 Å². The second-order valence-electron chi connectivity index (χ2n) is 2.43. The molecule has 0 aromatic carbocycles. The second kappa shape index (κ2) is 2.79. The first kappa shape index (κ1) is 7.21. The van der Waals surface area contributed by atoms with Crippen LogP contribution >= 0.6 is 0 Å². The fraction of sp³-hybridized carbons (Fsp3) is 0.667. The Balaban J connectivity index is 2.59. The lowest BCUT2D eigenvalue weighted by molar-refractivity contribution is -0.125. The van der Waals surface area contributed by atoms with Crippen LogP contribution in [-0.4, -0.2) is 37.2 Å². The molecular formula is C6H10N3O. The van der Waals surface area contributed by atoms with Crippen molar-refractivity contribution in [2.24, 2.45) is 5.10 Å². The maximum Gasteiger partial charge on any atom is 0.257 e. The maximum absolute atomic E-state index is 10.9. The molecule has 0 aromatic heterocycles. The van der Waals surface area contributed by atoms with Gasteiger partial charge >= 0.3 is 0 Å². The lowest BCUT2D eigenvalue weighted by Crippen LogP contribution is -2.44. The van der Waals surface area contributed by atoms with Crippen LogP contribution in [-0.2, 0) is 4.79 Å². The Labute approximate surface area is 59.9 Å². The molecule has 1 heterocycles. The molecule has 1 aliphatic heterocycles. The molecule has 4 nitrogen and oxygen atoms in total. The minimum atomic E-state index is -0.0995. The monoisotopic (exact) mass is 140 g/mol. The molecule has 0 aliphatic carbocycles. The van der Waals surface area contributed by atoms with Gasteiger partial charge in [0.15, 0.2) is 0 Å². The molecule has 1 N–H and O–H groups in total. The quantitative estimate of drug-likeness (QED) is 0.523. The van der Waals surface area contributed by atoms with Crippen molar-refractivity contribution < 1.29 is 4.79 Å². The van der Waals surface area contributed by atoms with Gasteiger partial charge in [0, 0.05) is 6.42 Å². The van der Waals surface area contributed by atoms with E-state index in [0.717, 1.165) is 0 Å². The van der Waals surface area contributed by atoms with E-state index in [-0.39, 0.29) is 11.9 Å². The lowest BCUT2D eigenvalue weighted by atomic mass is 10.2. The van der Waals surface area contributed by atoms with Gasteiger partial charge in [-0.2, -0.15) is 5.10 Å². The van der Waals surface area contributed by atoms with Gasteiger partial charge in [0.2, 0.25) is 0 Å². The van der Waals surface area contributed by atoms with E-state index in [1.807, 2.05) is 19.0 Å². The van der Waals surface area contributed by atoms with Crippen LogP contribution in [0.1, 0.15) is 6.42 Å². The first-order valence-corrected chi connectivity index (χ1v) is 3.10. The van der Waals surface area contributed by atoms with Crippen LogP contribution in [0.25, 0.3) is 0 Å². The topological polar surface area (TPSA) is 44.7 Å². The molecule has 0 saturated heterocycles. The van der Waals surface area contributed by atoms with E-state index in [2.05, 4.69) is 16.7 Å². The van der Waals surface area contributed by atoms with Crippen molar-refractivity contribution in [3.63, 3.8) is 0 Å². The number of carbonyl (C=O) groups is 1. The Bertz CT molecular complexity index is 164. The van der Waals surface area contributed by atoms with Gasteiger partial charge in [0.25, 0.3) is 5.91 Å². The molecule has 0 spiro atoms. The lowest BCUT2D eigenvalue weighted by Gasteiger charge is -2.22.